The fourth-order valence-corrected chi connectivity index (χ4v) is 1.43. The van der Waals surface area contributed by atoms with Gasteiger partial charge in [0.2, 0.25) is 0 Å². The van der Waals surface area contributed by atoms with E-state index in [1.165, 1.54) is 0 Å². The molecule has 0 aromatic heterocycles. The number of rotatable bonds is 5. The zero-order valence-corrected chi connectivity index (χ0v) is 10.4. The van der Waals surface area contributed by atoms with E-state index >= 15 is 0 Å². The smallest absolute Gasteiger partial charge is 0.367 e. The van der Waals surface area contributed by atoms with Gasteiger partial charge < -0.3 is 9.47 Å². The third-order valence-electron chi connectivity index (χ3n) is 2.80. The molecule has 0 radical (unpaired) electrons. The lowest BCUT2D eigenvalue weighted by Crippen LogP contribution is -2.55. The molecule has 138 valence electrons. The number of epoxide rings is 1. The van der Waals surface area contributed by atoms with Crippen molar-refractivity contribution in [2.45, 2.75) is 36.4 Å². The maximum absolute atomic E-state index is 13.6. The third kappa shape index (κ3) is 3.95. The average molecular weight is 374 g/mol. The second-order valence-electron chi connectivity index (χ2n) is 4.49. The van der Waals surface area contributed by atoms with Crippen LogP contribution < -0.4 is 0 Å². The van der Waals surface area contributed by atoms with E-state index in [-0.39, 0.29) is 0 Å². The lowest BCUT2D eigenvalue weighted by molar-refractivity contribution is -0.379. The molecule has 1 fully saturated rings. The first-order valence-electron chi connectivity index (χ1n) is 5.47. The van der Waals surface area contributed by atoms with Crippen molar-refractivity contribution in [1.82, 2.24) is 0 Å². The molecule has 1 aliphatic rings. The SMILES string of the molecule is FC(F)(F)C(COC(F)(C1CO1)C(F)(F)F)C(F)(F)C(F)(F)F. The first kappa shape index (κ1) is 20.1. The largest absolute Gasteiger partial charge is 0.454 e. The molecule has 0 amide bonds. The van der Waals surface area contributed by atoms with Gasteiger partial charge >= 0.3 is 30.3 Å². The fourth-order valence-electron chi connectivity index (χ4n) is 1.43. The zero-order chi connectivity index (χ0) is 18.5. The summed E-state index contributed by atoms with van der Waals surface area (Å²) >= 11 is 0. The van der Waals surface area contributed by atoms with Crippen molar-refractivity contribution in [3.8, 4) is 0 Å². The fraction of sp³-hybridized carbons (Fsp3) is 1.00. The van der Waals surface area contributed by atoms with Crippen molar-refractivity contribution in [3.63, 3.8) is 0 Å². The average Bonchev–Trinajstić information content (AvgIpc) is 3.06. The number of halogens is 12. The first-order valence-corrected chi connectivity index (χ1v) is 5.47. The molecule has 3 atom stereocenters. The molecule has 1 heterocycles. The molecule has 0 aliphatic carbocycles. The molecule has 1 rings (SSSR count). The quantitative estimate of drug-likeness (QED) is 0.536. The van der Waals surface area contributed by atoms with Crippen LogP contribution in [0.25, 0.3) is 0 Å². The van der Waals surface area contributed by atoms with Crippen molar-refractivity contribution < 1.29 is 62.2 Å². The molecular weight excluding hydrogens is 368 g/mol. The lowest BCUT2D eigenvalue weighted by Gasteiger charge is -2.33. The maximum atomic E-state index is 13.6. The van der Waals surface area contributed by atoms with Crippen molar-refractivity contribution in [1.29, 1.82) is 0 Å². The molecule has 1 saturated heterocycles. The highest BCUT2D eigenvalue weighted by atomic mass is 19.4. The molecular formula is C9H6F12O2. The van der Waals surface area contributed by atoms with Crippen LogP contribution in [0.5, 0.6) is 0 Å². The van der Waals surface area contributed by atoms with Crippen molar-refractivity contribution >= 4 is 0 Å². The Morgan fingerprint density at radius 2 is 1.26 bits per heavy atom. The third-order valence-corrected chi connectivity index (χ3v) is 2.80. The summed E-state index contributed by atoms with van der Waals surface area (Å²) < 4.78 is 156. The van der Waals surface area contributed by atoms with Gasteiger partial charge in [-0.2, -0.15) is 52.7 Å². The molecule has 1 aliphatic heterocycles. The van der Waals surface area contributed by atoms with E-state index in [1.807, 2.05) is 0 Å². The Balaban J connectivity index is 3.04. The van der Waals surface area contributed by atoms with Gasteiger partial charge in [0.25, 0.3) is 0 Å². The Morgan fingerprint density at radius 1 is 0.826 bits per heavy atom. The van der Waals surface area contributed by atoms with Crippen LogP contribution >= 0.6 is 0 Å². The highest BCUT2D eigenvalue weighted by Gasteiger charge is 2.72. The maximum Gasteiger partial charge on any atom is 0.454 e. The molecule has 0 saturated carbocycles. The van der Waals surface area contributed by atoms with E-state index in [0.29, 0.717) is 0 Å². The van der Waals surface area contributed by atoms with Gasteiger partial charge in [-0.3, -0.25) is 0 Å². The predicted octanol–water partition coefficient (Wildman–Crippen LogP) is 4.01. The molecule has 0 N–H and O–H groups in total. The van der Waals surface area contributed by atoms with Gasteiger partial charge in [-0.15, -0.1) is 0 Å². The summed E-state index contributed by atoms with van der Waals surface area (Å²) in [5.41, 5.74) is 0. The second kappa shape index (κ2) is 5.57. The minimum atomic E-state index is -6.73. The number of ether oxygens (including phenoxy) is 2. The van der Waals surface area contributed by atoms with E-state index in [0.717, 1.165) is 0 Å². The van der Waals surface area contributed by atoms with Crippen LogP contribution in [-0.4, -0.2) is 49.6 Å². The van der Waals surface area contributed by atoms with Crippen molar-refractivity contribution in [2.24, 2.45) is 5.92 Å². The minimum Gasteiger partial charge on any atom is -0.367 e. The monoisotopic (exact) mass is 374 g/mol. The Morgan fingerprint density at radius 3 is 1.52 bits per heavy atom. The molecule has 0 aromatic rings. The molecule has 3 unspecified atom stereocenters. The van der Waals surface area contributed by atoms with Crippen LogP contribution in [0.15, 0.2) is 0 Å². The summed E-state index contributed by atoms with van der Waals surface area (Å²) in [5.74, 6) is -16.1. The molecule has 0 bridgehead atoms. The highest BCUT2D eigenvalue weighted by molar-refractivity contribution is 4.95. The van der Waals surface area contributed by atoms with Gasteiger partial charge in [-0.05, 0) is 0 Å². The van der Waals surface area contributed by atoms with Crippen LogP contribution in [0.4, 0.5) is 52.7 Å². The summed E-state index contributed by atoms with van der Waals surface area (Å²) in [5, 5.41) is 0. The van der Waals surface area contributed by atoms with E-state index in [2.05, 4.69) is 9.47 Å². The van der Waals surface area contributed by atoms with Crippen molar-refractivity contribution in [3.05, 3.63) is 0 Å². The van der Waals surface area contributed by atoms with Gasteiger partial charge in [0, 0.05) is 0 Å². The van der Waals surface area contributed by atoms with Gasteiger partial charge in [0.15, 0.2) is 5.92 Å². The van der Waals surface area contributed by atoms with E-state index in [4.69, 9.17) is 0 Å². The summed E-state index contributed by atoms with van der Waals surface area (Å²) in [6.07, 6.45) is -21.5. The molecule has 0 aromatic carbocycles. The van der Waals surface area contributed by atoms with E-state index < -0.39 is 55.5 Å². The summed E-state index contributed by atoms with van der Waals surface area (Å²) in [7, 11) is 0. The number of alkyl halides is 12. The van der Waals surface area contributed by atoms with E-state index in [9.17, 15) is 52.7 Å². The molecule has 2 nitrogen and oxygen atoms in total. The van der Waals surface area contributed by atoms with Crippen LogP contribution in [0.2, 0.25) is 0 Å². The molecule has 23 heavy (non-hydrogen) atoms. The molecule has 0 spiro atoms. The van der Waals surface area contributed by atoms with E-state index in [1.54, 1.807) is 0 Å². The van der Waals surface area contributed by atoms with Crippen LogP contribution in [0.3, 0.4) is 0 Å². The Kier molecular flexibility index (Phi) is 4.87. The number of hydrogen-bond donors (Lipinski definition) is 0. The van der Waals surface area contributed by atoms with Gasteiger partial charge in [-0.1, -0.05) is 0 Å². The van der Waals surface area contributed by atoms with Crippen LogP contribution in [-0.2, 0) is 9.47 Å². The first-order chi connectivity index (χ1) is 9.94. The summed E-state index contributed by atoms with van der Waals surface area (Å²) in [4.78, 5) is 0. The second-order valence-corrected chi connectivity index (χ2v) is 4.49. The van der Waals surface area contributed by atoms with Crippen LogP contribution in [0, 0.1) is 5.92 Å². The topological polar surface area (TPSA) is 21.8 Å². The Hall–Kier alpha value is -0.920. The minimum absolute atomic E-state index is 0.956. The lowest BCUT2D eigenvalue weighted by atomic mass is 10.0. The summed E-state index contributed by atoms with van der Waals surface area (Å²) in [6.45, 7) is -3.87. The van der Waals surface area contributed by atoms with Crippen LogP contribution in [0.1, 0.15) is 0 Å². The normalized spacial score (nSPS) is 24.3. The van der Waals surface area contributed by atoms with Gasteiger partial charge in [-0.25, -0.2) is 0 Å². The van der Waals surface area contributed by atoms with Gasteiger partial charge in [0.05, 0.1) is 13.2 Å². The Labute approximate surface area is 119 Å². The predicted molar refractivity (Wildman–Crippen MR) is 46.1 cm³/mol. The van der Waals surface area contributed by atoms with Gasteiger partial charge in [0.1, 0.15) is 6.10 Å². The standard InChI is InChI=1S/C9H6F12O2/c10-5(11,8(16,17)18)3(7(13,14)15)1-23-6(12,4-2-22-4)9(19,20)21/h3-4H,1-2H2. The molecule has 14 heteroatoms. The number of hydrogen-bond acceptors (Lipinski definition) is 2. The Bertz CT molecular complexity index is 420. The zero-order valence-electron chi connectivity index (χ0n) is 10.4. The summed E-state index contributed by atoms with van der Waals surface area (Å²) in [6, 6.07) is 0. The van der Waals surface area contributed by atoms with Crippen molar-refractivity contribution in [2.75, 3.05) is 13.2 Å². The highest BCUT2D eigenvalue weighted by Crippen LogP contribution is 2.50.